The van der Waals surface area contributed by atoms with Gasteiger partial charge in [-0.2, -0.15) is 12.6 Å². The predicted molar refractivity (Wildman–Crippen MR) is 120 cm³/mol. The van der Waals surface area contributed by atoms with Gasteiger partial charge in [-0.05, 0) is 26.3 Å². The van der Waals surface area contributed by atoms with Gasteiger partial charge >= 0.3 is 12.1 Å². The number of hydrogen-bond acceptors (Lipinski definition) is 8. The first kappa shape index (κ1) is 27.2. The number of esters is 1. The summed E-state index contributed by atoms with van der Waals surface area (Å²) in [5, 5.41) is 14.5. The van der Waals surface area contributed by atoms with E-state index in [-0.39, 0.29) is 12.3 Å². The molecule has 3 N–H and O–H groups in total. The molecular weight excluding hydrogens is 438 g/mol. The quantitative estimate of drug-likeness (QED) is 0.292. The van der Waals surface area contributed by atoms with Crippen molar-refractivity contribution in [2.24, 2.45) is 0 Å². The SMILES string of the molecule is COC(=O)CNC(=O)C(c1ccccc1)N(CCO)C(=O)C(CS)NC(=O)OC(C)(C)C. The van der Waals surface area contributed by atoms with Gasteiger partial charge in [-0.3, -0.25) is 14.4 Å². The van der Waals surface area contributed by atoms with Crippen LogP contribution in [-0.4, -0.2) is 78.1 Å². The summed E-state index contributed by atoms with van der Waals surface area (Å²) in [7, 11) is 1.18. The largest absolute Gasteiger partial charge is 0.468 e. The zero-order chi connectivity index (χ0) is 24.3. The molecule has 11 heteroatoms. The summed E-state index contributed by atoms with van der Waals surface area (Å²) >= 11 is 4.15. The van der Waals surface area contributed by atoms with E-state index >= 15 is 0 Å². The minimum absolute atomic E-state index is 0.0781. The maximum Gasteiger partial charge on any atom is 0.408 e. The van der Waals surface area contributed by atoms with Gasteiger partial charge in [0, 0.05) is 12.3 Å². The van der Waals surface area contributed by atoms with Gasteiger partial charge in [0.15, 0.2) is 0 Å². The molecule has 0 fully saturated rings. The molecule has 178 valence electrons. The lowest BCUT2D eigenvalue weighted by Crippen LogP contribution is -2.54. The number of carbonyl (C=O) groups excluding carboxylic acids is 4. The second-order valence-corrected chi connectivity index (χ2v) is 8.11. The first-order valence-corrected chi connectivity index (χ1v) is 10.6. The highest BCUT2D eigenvalue weighted by atomic mass is 32.1. The number of methoxy groups -OCH3 is 1. The number of ether oxygens (including phenoxy) is 2. The van der Waals surface area contributed by atoms with Gasteiger partial charge in [0.25, 0.3) is 0 Å². The van der Waals surface area contributed by atoms with Gasteiger partial charge in [0.2, 0.25) is 11.8 Å². The van der Waals surface area contributed by atoms with Crippen LogP contribution >= 0.6 is 12.6 Å². The van der Waals surface area contributed by atoms with Crippen molar-refractivity contribution in [3.63, 3.8) is 0 Å². The molecule has 0 aliphatic heterocycles. The van der Waals surface area contributed by atoms with Crippen molar-refractivity contribution in [3.05, 3.63) is 35.9 Å². The molecule has 0 bridgehead atoms. The second kappa shape index (κ2) is 12.9. The van der Waals surface area contributed by atoms with E-state index in [2.05, 4.69) is 28.0 Å². The lowest BCUT2D eigenvalue weighted by atomic mass is 10.0. The summed E-state index contributed by atoms with van der Waals surface area (Å²) in [6, 6.07) is 6.08. The number of amides is 3. The number of nitrogens with zero attached hydrogens (tertiary/aromatic N) is 1. The summed E-state index contributed by atoms with van der Waals surface area (Å²) in [6.45, 7) is 4.00. The fourth-order valence-corrected chi connectivity index (χ4v) is 2.99. The van der Waals surface area contributed by atoms with Crippen LogP contribution in [0.25, 0.3) is 0 Å². The molecule has 0 radical (unpaired) electrons. The third kappa shape index (κ3) is 8.75. The Morgan fingerprint density at radius 1 is 1.16 bits per heavy atom. The van der Waals surface area contributed by atoms with Crippen molar-refractivity contribution in [2.45, 2.75) is 38.5 Å². The second-order valence-electron chi connectivity index (χ2n) is 7.74. The molecule has 0 spiro atoms. The highest BCUT2D eigenvalue weighted by Gasteiger charge is 2.35. The van der Waals surface area contributed by atoms with Gasteiger partial charge < -0.3 is 30.1 Å². The summed E-state index contributed by atoms with van der Waals surface area (Å²) in [4.78, 5) is 51.1. The van der Waals surface area contributed by atoms with Gasteiger partial charge in [0.1, 0.15) is 24.2 Å². The monoisotopic (exact) mass is 469 g/mol. The smallest absolute Gasteiger partial charge is 0.408 e. The zero-order valence-electron chi connectivity index (χ0n) is 18.7. The van der Waals surface area contributed by atoms with Crippen molar-refractivity contribution < 1.29 is 33.8 Å². The Balaban J connectivity index is 3.22. The Hall–Kier alpha value is -2.79. The average molecular weight is 470 g/mol. The molecule has 32 heavy (non-hydrogen) atoms. The highest BCUT2D eigenvalue weighted by Crippen LogP contribution is 2.22. The number of rotatable bonds is 10. The minimum atomic E-state index is -1.18. The molecule has 0 saturated carbocycles. The summed E-state index contributed by atoms with van der Waals surface area (Å²) in [6.07, 6.45) is -0.819. The number of hydrogen-bond donors (Lipinski definition) is 4. The molecule has 0 aliphatic carbocycles. The molecule has 0 saturated heterocycles. The minimum Gasteiger partial charge on any atom is -0.468 e. The lowest BCUT2D eigenvalue weighted by molar-refractivity contribution is -0.144. The molecule has 2 atom stereocenters. The van der Waals surface area contributed by atoms with E-state index in [1.165, 1.54) is 7.11 Å². The Kier molecular flexibility index (Phi) is 11.0. The molecule has 10 nitrogen and oxygen atoms in total. The van der Waals surface area contributed by atoms with E-state index in [1.807, 2.05) is 0 Å². The van der Waals surface area contributed by atoms with Crippen LogP contribution in [0, 0.1) is 0 Å². The van der Waals surface area contributed by atoms with Crippen molar-refractivity contribution in [2.75, 3.05) is 32.6 Å². The third-order valence-corrected chi connectivity index (χ3v) is 4.47. The van der Waals surface area contributed by atoms with Crippen LogP contribution in [0.1, 0.15) is 32.4 Å². The van der Waals surface area contributed by atoms with Crippen LogP contribution in [0.3, 0.4) is 0 Å². The molecule has 0 aromatic heterocycles. The van der Waals surface area contributed by atoms with E-state index < -0.39 is 54.7 Å². The summed E-state index contributed by atoms with van der Waals surface area (Å²) < 4.78 is 9.73. The van der Waals surface area contributed by atoms with Crippen LogP contribution in [0.4, 0.5) is 4.79 Å². The standard InChI is InChI=1S/C21H31N3O7S/c1-21(2,3)31-20(29)23-15(13-32)19(28)24(10-11-25)17(14-8-6-5-7-9-14)18(27)22-12-16(26)30-4/h5-9,15,17,25,32H,10-13H2,1-4H3,(H,22,27)(H,23,29). The van der Waals surface area contributed by atoms with E-state index in [0.29, 0.717) is 5.56 Å². The summed E-state index contributed by atoms with van der Waals surface area (Å²) in [5.41, 5.74) is -0.328. The molecule has 0 heterocycles. The molecule has 1 rings (SSSR count). The van der Waals surface area contributed by atoms with Crippen LogP contribution in [0.2, 0.25) is 0 Å². The first-order valence-electron chi connectivity index (χ1n) is 9.95. The highest BCUT2D eigenvalue weighted by molar-refractivity contribution is 7.80. The maximum atomic E-state index is 13.3. The van der Waals surface area contributed by atoms with Crippen LogP contribution in [0.15, 0.2) is 30.3 Å². The van der Waals surface area contributed by atoms with Crippen molar-refractivity contribution in [1.29, 1.82) is 0 Å². The number of nitrogens with one attached hydrogen (secondary N) is 2. The van der Waals surface area contributed by atoms with Crippen molar-refractivity contribution in [1.82, 2.24) is 15.5 Å². The Labute approximate surface area is 193 Å². The number of aliphatic hydroxyl groups excluding tert-OH is 1. The lowest BCUT2D eigenvalue weighted by Gasteiger charge is -2.33. The third-order valence-electron chi connectivity index (χ3n) is 4.11. The number of benzene rings is 1. The Morgan fingerprint density at radius 3 is 2.28 bits per heavy atom. The van der Waals surface area contributed by atoms with Crippen molar-refractivity contribution in [3.8, 4) is 0 Å². The first-order chi connectivity index (χ1) is 15.0. The summed E-state index contributed by atoms with van der Waals surface area (Å²) in [5.74, 6) is -2.05. The molecule has 0 aliphatic rings. The molecular formula is C21H31N3O7S. The number of thiol groups is 1. The van der Waals surface area contributed by atoms with E-state index in [9.17, 15) is 24.3 Å². The zero-order valence-corrected chi connectivity index (χ0v) is 19.6. The Bertz CT molecular complexity index is 783. The van der Waals surface area contributed by atoms with Crippen LogP contribution in [-0.2, 0) is 23.9 Å². The van der Waals surface area contributed by atoms with Gasteiger partial charge in [-0.1, -0.05) is 30.3 Å². The normalized spacial score (nSPS) is 12.8. The van der Waals surface area contributed by atoms with E-state index in [4.69, 9.17) is 4.74 Å². The number of aliphatic hydroxyl groups is 1. The van der Waals surface area contributed by atoms with E-state index in [0.717, 1.165) is 4.90 Å². The van der Waals surface area contributed by atoms with Gasteiger partial charge in [-0.25, -0.2) is 4.79 Å². The van der Waals surface area contributed by atoms with Crippen LogP contribution in [0.5, 0.6) is 0 Å². The molecule has 3 amide bonds. The van der Waals surface area contributed by atoms with Gasteiger partial charge in [0.05, 0.1) is 13.7 Å². The molecule has 1 aromatic carbocycles. The molecule has 1 aromatic rings. The topological polar surface area (TPSA) is 134 Å². The average Bonchev–Trinajstić information content (AvgIpc) is 2.74. The Morgan fingerprint density at radius 2 is 1.78 bits per heavy atom. The number of carbonyl (C=O) groups is 4. The molecule has 2 unspecified atom stereocenters. The predicted octanol–water partition coefficient (Wildman–Crippen LogP) is 0.661. The van der Waals surface area contributed by atoms with Gasteiger partial charge in [-0.15, -0.1) is 0 Å². The van der Waals surface area contributed by atoms with E-state index in [1.54, 1.807) is 51.1 Å². The number of alkyl carbamates (subject to hydrolysis) is 1. The fraction of sp³-hybridized carbons (Fsp3) is 0.524. The van der Waals surface area contributed by atoms with Crippen molar-refractivity contribution >= 4 is 36.5 Å². The fourth-order valence-electron chi connectivity index (χ4n) is 2.75. The maximum absolute atomic E-state index is 13.3. The van der Waals surface area contributed by atoms with Crippen LogP contribution < -0.4 is 10.6 Å².